The highest BCUT2D eigenvalue weighted by atomic mass is 35.7. The Bertz CT molecular complexity index is 132. The van der Waals surface area contributed by atoms with Crippen LogP contribution >= 0.6 is 18.1 Å². The second-order valence-corrected chi connectivity index (χ2v) is 4.64. The van der Waals surface area contributed by atoms with Gasteiger partial charge in [0.1, 0.15) is 0 Å². The van der Waals surface area contributed by atoms with Crippen molar-refractivity contribution in [1.82, 2.24) is 10.4 Å². The third-order valence-electron chi connectivity index (χ3n) is 0.876. The predicted molar refractivity (Wildman–Crippen MR) is 42.4 cm³/mol. The highest BCUT2D eigenvalue weighted by Crippen LogP contribution is 2.46. The second kappa shape index (κ2) is 5.10. The lowest BCUT2D eigenvalue weighted by Gasteiger charge is -2.08. The minimum Gasteiger partial charge on any atom is -0.317 e. The molecule has 4 nitrogen and oxygen atoms in total. The van der Waals surface area contributed by atoms with Crippen molar-refractivity contribution in [3.63, 3.8) is 0 Å². The van der Waals surface area contributed by atoms with Crippen molar-refractivity contribution < 1.29 is 9.09 Å². The standard InChI is InChI=1S/C4H12ClN2O2P/c1-6-3-4-9-10(5,8)7-2/h6H,3-4H2,1-2H3,(H,7,8). The van der Waals surface area contributed by atoms with Gasteiger partial charge in [-0.1, -0.05) is 0 Å². The molecule has 0 aromatic rings. The third kappa shape index (κ3) is 5.21. The largest absolute Gasteiger partial charge is 0.360 e. The van der Waals surface area contributed by atoms with Crippen molar-refractivity contribution in [1.29, 1.82) is 0 Å². The predicted octanol–water partition coefficient (Wildman–Crippen LogP) is 0.789. The van der Waals surface area contributed by atoms with Crippen LogP contribution in [-0.2, 0) is 9.09 Å². The number of nitrogens with one attached hydrogen (secondary N) is 2. The molecule has 0 radical (unpaired) electrons. The van der Waals surface area contributed by atoms with E-state index in [4.69, 9.17) is 15.8 Å². The summed E-state index contributed by atoms with van der Waals surface area (Å²) in [6, 6.07) is 0. The molecule has 62 valence electrons. The lowest BCUT2D eigenvalue weighted by atomic mass is 10.7. The van der Waals surface area contributed by atoms with Gasteiger partial charge in [-0.25, -0.2) is 5.09 Å². The molecule has 0 aromatic heterocycles. The van der Waals surface area contributed by atoms with Crippen LogP contribution in [0.4, 0.5) is 0 Å². The summed E-state index contributed by atoms with van der Waals surface area (Å²) in [6.45, 7) is -2.04. The molecule has 0 aliphatic heterocycles. The number of halogens is 1. The van der Waals surface area contributed by atoms with E-state index in [9.17, 15) is 4.57 Å². The van der Waals surface area contributed by atoms with Crippen molar-refractivity contribution in [3.05, 3.63) is 0 Å². The first-order chi connectivity index (χ1) is 4.62. The number of hydrogen-bond acceptors (Lipinski definition) is 3. The van der Waals surface area contributed by atoms with Crippen LogP contribution in [0.2, 0.25) is 0 Å². The molecule has 0 fully saturated rings. The minimum absolute atomic E-state index is 0.345. The molecule has 10 heavy (non-hydrogen) atoms. The van der Waals surface area contributed by atoms with E-state index in [1.165, 1.54) is 7.05 Å². The molecule has 0 amide bonds. The summed E-state index contributed by atoms with van der Waals surface area (Å²) in [5.41, 5.74) is 0. The molecule has 0 bridgehead atoms. The first kappa shape index (κ1) is 10.4. The molecule has 0 aliphatic carbocycles. The summed E-state index contributed by atoms with van der Waals surface area (Å²) in [6.07, 6.45) is 0. The first-order valence-corrected chi connectivity index (χ1v) is 5.43. The van der Waals surface area contributed by atoms with Crippen LogP contribution in [0, 0.1) is 0 Å². The quantitative estimate of drug-likeness (QED) is 0.492. The van der Waals surface area contributed by atoms with Crippen molar-refractivity contribution in [2.24, 2.45) is 0 Å². The highest BCUT2D eigenvalue weighted by Gasteiger charge is 2.14. The van der Waals surface area contributed by atoms with Crippen LogP contribution in [-0.4, -0.2) is 27.2 Å². The van der Waals surface area contributed by atoms with Gasteiger partial charge in [-0.3, -0.25) is 4.57 Å². The van der Waals surface area contributed by atoms with Crippen LogP contribution in [0.15, 0.2) is 0 Å². The van der Waals surface area contributed by atoms with Crippen LogP contribution in [0.3, 0.4) is 0 Å². The van der Waals surface area contributed by atoms with Crippen molar-refractivity contribution in [3.8, 4) is 0 Å². The van der Waals surface area contributed by atoms with Gasteiger partial charge in [0, 0.05) is 6.54 Å². The van der Waals surface area contributed by atoms with E-state index in [1.807, 2.05) is 0 Å². The van der Waals surface area contributed by atoms with Crippen LogP contribution in [0.1, 0.15) is 0 Å². The average Bonchev–Trinajstić information content (AvgIpc) is 1.89. The first-order valence-electron chi connectivity index (χ1n) is 2.90. The van der Waals surface area contributed by atoms with E-state index in [0.717, 1.165) is 0 Å². The van der Waals surface area contributed by atoms with Crippen LogP contribution in [0.25, 0.3) is 0 Å². The molecule has 0 aliphatic rings. The monoisotopic (exact) mass is 186 g/mol. The summed E-state index contributed by atoms with van der Waals surface area (Å²) < 4.78 is 15.6. The molecular formula is C4H12ClN2O2P. The summed E-state index contributed by atoms with van der Waals surface area (Å²) in [5.74, 6) is 0. The van der Waals surface area contributed by atoms with Gasteiger partial charge in [-0.2, -0.15) is 0 Å². The Kier molecular flexibility index (Phi) is 5.31. The van der Waals surface area contributed by atoms with Crippen molar-refractivity contribution in [2.45, 2.75) is 0 Å². The number of likely N-dealkylation sites (N-methyl/N-ethyl adjacent to an activating group) is 1. The molecule has 0 saturated carbocycles. The summed E-state index contributed by atoms with van der Waals surface area (Å²) in [4.78, 5) is 0. The molecule has 6 heteroatoms. The molecule has 0 heterocycles. The average molecular weight is 187 g/mol. The fraction of sp³-hybridized carbons (Fsp3) is 1.00. The Labute approximate surface area is 65.6 Å². The van der Waals surface area contributed by atoms with Crippen molar-refractivity contribution in [2.75, 3.05) is 27.2 Å². The topological polar surface area (TPSA) is 50.4 Å². The van der Waals surface area contributed by atoms with E-state index < -0.39 is 6.87 Å². The Balaban J connectivity index is 3.38. The lowest BCUT2D eigenvalue weighted by molar-refractivity contribution is 0.320. The second-order valence-electron chi connectivity index (χ2n) is 1.64. The summed E-state index contributed by atoms with van der Waals surface area (Å²) >= 11 is 5.35. The van der Waals surface area contributed by atoms with Crippen molar-refractivity contribution >= 4 is 18.1 Å². The molecule has 1 unspecified atom stereocenters. The van der Waals surface area contributed by atoms with Gasteiger partial charge in [0.15, 0.2) is 0 Å². The zero-order chi connectivity index (χ0) is 8.04. The summed E-state index contributed by atoms with van der Waals surface area (Å²) in [5, 5.41) is 5.20. The van der Waals surface area contributed by atoms with Gasteiger partial charge in [0.05, 0.1) is 6.61 Å². The molecule has 0 aromatic carbocycles. The van der Waals surface area contributed by atoms with Crippen LogP contribution < -0.4 is 10.4 Å². The maximum Gasteiger partial charge on any atom is 0.360 e. The van der Waals surface area contributed by atoms with E-state index in [-0.39, 0.29) is 0 Å². The zero-order valence-electron chi connectivity index (χ0n) is 6.06. The SMILES string of the molecule is CNCCOP(=O)(Cl)NC. The smallest absolute Gasteiger partial charge is 0.317 e. The number of hydrogen-bond donors (Lipinski definition) is 2. The summed E-state index contributed by atoms with van der Waals surface area (Å²) in [7, 11) is 3.27. The van der Waals surface area contributed by atoms with Gasteiger partial charge < -0.3 is 9.84 Å². The Morgan fingerprint density at radius 2 is 2.20 bits per heavy atom. The lowest BCUT2D eigenvalue weighted by Crippen LogP contribution is -2.14. The Hall–Kier alpha value is 0.400. The number of rotatable bonds is 5. The molecular weight excluding hydrogens is 174 g/mol. The van der Waals surface area contributed by atoms with Gasteiger partial charge in [0.25, 0.3) is 0 Å². The van der Waals surface area contributed by atoms with Gasteiger partial charge in [0.2, 0.25) is 0 Å². The zero-order valence-corrected chi connectivity index (χ0v) is 7.71. The van der Waals surface area contributed by atoms with E-state index in [2.05, 4.69) is 10.4 Å². The van der Waals surface area contributed by atoms with Gasteiger partial charge in [-0.05, 0) is 25.3 Å². The van der Waals surface area contributed by atoms with Gasteiger partial charge in [-0.15, -0.1) is 0 Å². The Morgan fingerprint density at radius 1 is 1.60 bits per heavy atom. The molecule has 0 rings (SSSR count). The van der Waals surface area contributed by atoms with E-state index in [0.29, 0.717) is 13.2 Å². The third-order valence-corrected chi connectivity index (χ3v) is 2.73. The molecule has 0 saturated heterocycles. The maximum atomic E-state index is 10.9. The molecule has 2 N–H and O–H groups in total. The molecule has 0 spiro atoms. The normalized spacial score (nSPS) is 16.7. The minimum atomic E-state index is -3.02. The maximum absolute atomic E-state index is 10.9. The van der Waals surface area contributed by atoms with Gasteiger partial charge >= 0.3 is 6.87 Å². The van der Waals surface area contributed by atoms with E-state index >= 15 is 0 Å². The Morgan fingerprint density at radius 3 is 2.60 bits per heavy atom. The van der Waals surface area contributed by atoms with Crippen LogP contribution in [0.5, 0.6) is 0 Å². The fourth-order valence-corrected chi connectivity index (χ4v) is 0.992. The molecule has 1 atom stereocenters. The highest BCUT2D eigenvalue weighted by molar-refractivity contribution is 7.83. The van der Waals surface area contributed by atoms with E-state index in [1.54, 1.807) is 7.05 Å². The fourth-order valence-electron chi connectivity index (χ4n) is 0.330.